The molecule has 11 heteroatoms. The number of carbonyl (C=O) groups excluding carboxylic acids is 2. The minimum atomic E-state index is -3.69. The van der Waals surface area contributed by atoms with Crippen LogP contribution in [0.3, 0.4) is 0 Å². The van der Waals surface area contributed by atoms with Crippen molar-refractivity contribution in [3.8, 4) is 11.3 Å². The number of aromatic nitrogens is 2. The summed E-state index contributed by atoms with van der Waals surface area (Å²) in [6.07, 6.45) is 1.28. The van der Waals surface area contributed by atoms with Gasteiger partial charge < -0.3 is 10.6 Å². The number of halogens is 1. The van der Waals surface area contributed by atoms with Crippen molar-refractivity contribution in [2.45, 2.75) is 26.0 Å². The number of fused-ring (bicyclic) bond motifs is 1. The second kappa shape index (κ2) is 9.59. The molecular weight excluding hydrogens is 491 g/mol. The first kappa shape index (κ1) is 24.6. The molecule has 0 saturated carbocycles. The van der Waals surface area contributed by atoms with Crippen molar-refractivity contribution in [1.29, 1.82) is 0 Å². The van der Waals surface area contributed by atoms with E-state index in [1.165, 1.54) is 29.7 Å². The first-order valence-electron chi connectivity index (χ1n) is 10.7. The third-order valence-electron chi connectivity index (χ3n) is 5.29. The van der Waals surface area contributed by atoms with E-state index in [0.717, 1.165) is 9.54 Å². The SMILES string of the molecule is Cc1cc(F)cc(-c2csc(NC(=O)CNC(=O)c3cn(S(=O)(=O)C(C)C)c4ccccc34)n2)c1. The maximum Gasteiger partial charge on any atom is 0.253 e. The lowest BCUT2D eigenvalue weighted by Crippen LogP contribution is -2.32. The van der Waals surface area contributed by atoms with Gasteiger partial charge in [0.25, 0.3) is 5.91 Å². The fourth-order valence-electron chi connectivity index (χ4n) is 3.54. The Hall–Kier alpha value is -3.57. The molecule has 2 N–H and O–H groups in total. The molecule has 0 spiro atoms. The van der Waals surface area contributed by atoms with Crippen LogP contribution in [0.15, 0.2) is 54.0 Å². The van der Waals surface area contributed by atoms with Crippen molar-refractivity contribution in [1.82, 2.24) is 14.3 Å². The van der Waals surface area contributed by atoms with Crippen molar-refractivity contribution in [3.63, 3.8) is 0 Å². The van der Waals surface area contributed by atoms with Gasteiger partial charge >= 0.3 is 0 Å². The highest BCUT2D eigenvalue weighted by molar-refractivity contribution is 7.90. The molecule has 0 aliphatic rings. The average Bonchev–Trinajstić information content (AvgIpc) is 3.42. The summed E-state index contributed by atoms with van der Waals surface area (Å²) in [5.41, 5.74) is 2.41. The number of nitrogens with one attached hydrogen (secondary N) is 2. The van der Waals surface area contributed by atoms with Gasteiger partial charge in [0.15, 0.2) is 5.13 Å². The monoisotopic (exact) mass is 514 g/mol. The lowest BCUT2D eigenvalue weighted by atomic mass is 10.1. The van der Waals surface area contributed by atoms with Crippen molar-refractivity contribution in [2.24, 2.45) is 0 Å². The van der Waals surface area contributed by atoms with E-state index < -0.39 is 27.1 Å². The van der Waals surface area contributed by atoms with Crippen molar-refractivity contribution in [2.75, 3.05) is 11.9 Å². The summed E-state index contributed by atoms with van der Waals surface area (Å²) in [5, 5.41) is 6.92. The topological polar surface area (TPSA) is 110 Å². The quantitative estimate of drug-likeness (QED) is 0.385. The molecule has 0 aliphatic heterocycles. The van der Waals surface area contributed by atoms with Crippen LogP contribution < -0.4 is 10.6 Å². The third-order valence-corrected chi connectivity index (χ3v) is 8.09. The molecule has 0 saturated heterocycles. The average molecular weight is 515 g/mol. The lowest BCUT2D eigenvalue weighted by Gasteiger charge is -2.10. The Kier molecular flexibility index (Phi) is 6.73. The van der Waals surface area contributed by atoms with Crippen LogP contribution in [-0.2, 0) is 14.8 Å². The predicted octanol–water partition coefficient (Wildman–Crippen LogP) is 4.17. The summed E-state index contributed by atoms with van der Waals surface area (Å²) >= 11 is 1.18. The van der Waals surface area contributed by atoms with Crippen LogP contribution in [0.4, 0.5) is 9.52 Å². The minimum absolute atomic E-state index is 0.149. The van der Waals surface area contributed by atoms with Gasteiger partial charge in [-0.15, -0.1) is 11.3 Å². The van der Waals surface area contributed by atoms with Gasteiger partial charge in [-0.2, -0.15) is 0 Å². The van der Waals surface area contributed by atoms with Crippen LogP contribution >= 0.6 is 11.3 Å². The van der Waals surface area contributed by atoms with Gasteiger partial charge in [-0.05, 0) is 50.6 Å². The molecule has 35 heavy (non-hydrogen) atoms. The van der Waals surface area contributed by atoms with E-state index in [1.807, 2.05) is 0 Å². The zero-order chi connectivity index (χ0) is 25.3. The first-order chi connectivity index (χ1) is 16.6. The number of rotatable bonds is 7. The Labute approximate surface area is 205 Å². The second-order valence-electron chi connectivity index (χ2n) is 8.24. The molecule has 182 valence electrons. The Bertz CT molecular complexity index is 1520. The highest BCUT2D eigenvalue weighted by atomic mass is 32.2. The van der Waals surface area contributed by atoms with Gasteiger partial charge in [-0.1, -0.05) is 18.2 Å². The fraction of sp³-hybridized carbons (Fsp3) is 0.208. The number of benzene rings is 2. The molecular formula is C24H23FN4O4S2. The Morgan fingerprint density at radius 3 is 2.63 bits per heavy atom. The molecule has 2 amide bonds. The van der Waals surface area contributed by atoms with E-state index in [1.54, 1.807) is 56.5 Å². The lowest BCUT2D eigenvalue weighted by molar-refractivity contribution is -0.115. The molecule has 0 fully saturated rings. The van der Waals surface area contributed by atoms with Crippen molar-refractivity contribution >= 4 is 49.2 Å². The molecule has 0 atom stereocenters. The first-order valence-corrected chi connectivity index (χ1v) is 13.1. The van der Waals surface area contributed by atoms with Gasteiger partial charge in [0.05, 0.1) is 28.6 Å². The Morgan fingerprint density at radius 1 is 1.17 bits per heavy atom. The van der Waals surface area contributed by atoms with E-state index in [0.29, 0.717) is 27.3 Å². The molecule has 0 aliphatic carbocycles. The summed E-state index contributed by atoms with van der Waals surface area (Å²) in [5.74, 6) is -1.46. The van der Waals surface area contributed by atoms with Crippen molar-refractivity contribution < 1.29 is 22.4 Å². The number of hydrogen-bond donors (Lipinski definition) is 2. The van der Waals surface area contributed by atoms with Gasteiger partial charge in [0.1, 0.15) is 5.82 Å². The standard InChI is InChI=1S/C24H23FN4O4S2/c1-14(2)35(32,33)29-12-19(18-6-4-5-7-21(18)29)23(31)26-11-22(30)28-24-27-20(13-34-24)16-8-15(3)9-17(25)10-16/h4-10,12-14H,11H2,1-3H3,(H,26,31)(H,27,28,30). The molecule has 4 rings (SSSR count). The van der Waals surface area contributed by atoms with Gasteiger partial charge in [0.2, 0.25) is 15.9 Å². The molecule has 0 radical (unpaired) electrons. The molecule has 8 nitrogen and oxygen atoms in total. The summed E-state index contributed by atoms with van der Waals surface area (Å²) in [6.45, 7) is 4.56. The highest BCUT2D eigenvalue weighted by Gasteiger charge is 2.24. The van der Waals surface area contributed by atoms with Gasteiger partial charge in [-0.3, -0.25) is 9.59 Å². The normalized spacial score (nSPS) is 11.7. The van der Waals surface area contributed by atoms with E-state index in [9.17, 15) is 22.4 Å². The maximum absolute atomic E-state index is 13.7. The van der Waals surface area contributed by atoms with Crippen LogP contribution in [0.1, 0.15) is 29.8 Å². The van der Waals surface area contributed by atoms with E-state index in [2.05, 4.69) is 15.6 Å². The number of amides is 2. The van der Waals surface area contributed by atoms with Crippen molar-refractivity contribution in [3.05, 3.63) is 71.0 Å². The maximum atomic E-state index is 13.7. The number of hydrogen-bond acceptors (Lipinski definition) is 6. The molecule has 2 aromatic carbocycles. The van der Waals surface area contributed by atoms with Crippen LogP contribution in [-0.4, -0.2) is 41.0 Å². The Morgan fingerprint density at radius 2 is 1.91 bits per heavy atom. The van der Waals surface area contributed by atoms with Gasteiger partial charge in [0, 0.05) is 22.5 Å². The number of thiazole rings is 1. The largest absolute Gasteiger partial charge is 0.343 e. The molecule has 4 aromatic rings. The number of carbonyl (C=O) groups is 2. The van der Waals surface area contributed by atoms with E-state index >= 15 is 0 Å². The number of aryl methyl sites for hydroxylation is 1. The van der Waals surface area contributed by atoms with E-state index in [-0.39, 0.29) is 17.9 Å². The van der Waals surface area contributed by atoms with Crippen LogP contribution in [0.5, 0.6) is 0 Å². The Balaban J connectivity index is 1.46. The number of anilines is 1. The molecule has 2 heterocycles. The predicted molar refractivity (Wildman–Crippen MR) is 135 cm³/mol. The minimum Gasteiger partial charge on any atom is -0.343 e. The smallest absolute Gasteiger partial charge is 0.253 e. The van der Waals surface area contributed by atoms with Crippen LogP contribution in [0, 0.1) is 12.7 Å². The highest BCUT2D eigenvalue weighted by Crippen LogP contribution is 2.27. The zero-order valence-corrected chi connectivity index (χ0v) is 20.8. The number of nitrogens with zero attached hydrogens (tertiary/aromatic N) is 2. The molecule has 0 unspecified atom stereocenters. The van der Waals surface area contributed by atoms with E-state index in [4.69, 9.17) is 0 Å². The zero-order valence-electron chi connectivity index (χ0n) is 19.2. The van der Waals surface area contributed by atoms with Crippen LogP contribution in [0.25, 0.3) is 22.2 Å². The summed E-state index contributed by atoms with van der Waals surface area (Å²) in [4.78, 5) is 29.5. The molecule has 0 bridgehead atoms. The molecule has 2 aromatic heterocycles. The van der Waals surface area contributed by atoms with Crippen LogP contribution in [0.2, 0.25) is 0 Å². The van der Waals surface area contributed by atoms with Gasteiger partial charge in [-0.25, -0.2) is 21.8 Å². The summed E-state index contributed by atoms with van der Waals surface area (Å²) in [7, 11) is -3.69. The number of para-hydroxylation sites is 1. The second-order valence-corrected chi connectivity index (χ2v) is 11.5. The fourth-order valence-corrected chi connectivity index (χ4v) is 5.41. The summed E-state index contributed by atoms with van der Waals surface area (Å²) < 4.78 is 40.3. The summed E-state index contributed by atoms with van der Waals surface area (Å²) in [6, 6.07) is 11.2. The third kappa shape index (κ3) is 5.10.